The van der Waals surface area contributed by atoms with E-state index >= 15 is 0 Å². The number of ether oxygens (including phenoxy) is 1. The van der Waals surface area contributed by atoms with Crippen LogP contribution in [0.5, 0.6) is 0 Å². The lowest BCUT2D eigenvalue weighted by Crippen LogP contribution is -2.23. The molecule has 1 aromatic rings. The molecule has 1 aromatic heterocycles. The molecule has 1 heterocycles. The molecule has 0 aliphatic rings. The van der Waals surface area contributed by atoms with Crippen LogP contribution in [0.1, 0.15) is 42.4 Å². The molecule has 0 amide bonds. The highest BCUT2D eigenvalue weighted by Gasteiger charge is 2.12. The topological polar surface area (TPSA) is 34.1 Å². The summed E-state index contributed by atoms with van der Waals surface area (Å²) >= 11 is 1.82. The molecule has 0 aliphatic heterocycles. The van der Waals surface area contributed by atoms with Crippen molar-refractivity contribution in [3.63, 3.8) is 0 Å². The van der Waals surface area contributed by atoms with Gasteiger partial charge >= 0.3 is 0 Å². The molecule has 0 saturated carbocycles. The van der Waals surface area contributed by atoms with Crippen LogP contribution in [-0.4, -0.2) is 24.7 Å². The van der Waals surface area contributed by atoms with Crippen molar-refractivity contribution < 1.29 is 4.74 Å². The Kier molecular flexibility index (Phi) is 5.95. The zero-order valence-corrected chi connectivity index (χ0v) is 11.5. The van der Waals surface area contributed by atoms with E-state index in [9.17, 15) is 0 Å². The molecule has 1 rings (SSSR count). The second kappa shape index (κ2) is 6.99. The first-order chi connectivity index (χ1) is 7.69. The van der Waals surface area contributed by atoms with Crippen LogP contribution < -0.4 is 5.32 Å². The maximum atomic E-state index is 5.30. The van der Waals surface area contributed by atoms with Crippen molar-refractivity contribution in [3.05, 3.63) is 15.6 Å². The van der Waals surface area contributed by atoms with Gasteiger partial charge in [0.1, 0.15) is 0 Å². The largest absolute Gasteiger partial charge is 0.380 e. The average Bonchev–Trinajstić information content (AvgIpc) is 2.66. The van der Waals surface area contributed by atoms with Gasteiger partial charge in [-0.2, -0.15) is 0 Å². The fourth-order valence-electron chi connectivity index (χ4n) is 1.60. The van der Waals surface area contributed by atoms with Crippen molar-refractivity contribution >= 4 is 11.3 Å². The van der Waals surface area contributed by atoms with Gasteiger partial charge in [0.15, 0.2) is 0 Å². The first-order valence-corrected chi connectivity index (χ1v) is 6.78. The minimum absolute atomic E-state index is 0.373. The fraction of sp³-hybridized carbons (Fsp3) is 0.750. The zero-order chi connectivity index (χ0) is 12.0. The van der Waals surface area contributed by atoms with Gasteiger partial charge in [0.05, 0.1) is 17.3 Å². The lowest BCUT2D eigenvalue weighted by Gasteiger charge is -2.12. The third-order valence-corrected chi connectivity index (χ3v) is 3.96. The molecule has 0 fully saturated rings. The summed E-state index contributed by atoms with van der Waals surface area (Å²) < 4.78 is 5.30. The number of thiazole rings is 1. The number of aryl methyl sites for hydroxylation is 2. The first-order valence-electron chi connectivity index (χ1n) is 5.96. The molecule has 0 bridgehead atoms. The molecule has 0 aromatic carbocycles. The monoisotopic (exact) mass is 242 g/mol. The molecule has 0 spiro atoms. The van der Waals surface area contributed by atoms with Gasteiger partial charge in [-0.3, -0.25) is 0 Å². The maximum Gasteiger partial charge on any atom is 0.0928 e. The van der Waals surface area contributed by atoms with Gasteiger partial charge in [-0.05, 0) is 27.2 Å². The van der Waals surface area contributed by atoms with Gasteiger partial charge in [-0.15, -0.1) is 11.3 Å². The van der Waals surface area contributed by atoms with E-state index < -0.39 is 0 Å². The van der Waals surface area contributed by atoms with Gasteiger partial charge in [0.2, 0.25) is 0 Å². The van der Waals surface area contributed by atoms with Crippen LogP contribution in [0, 0.1) is 6.92 Å². The lowest BCUT2D eigenvalue weighted by atomic mass is 10.2. The molecule has 4 heteroatoms. The molecule has 0 aliphatic carbocycles. The summed E-state index contributed by atoms with van der Waals surface area (Å²) in [5.41, 5.74) is 1.17. The van der Waals surface area contributed by atoms with Crippen molar-refractivity contribution in [2.45, 2.75) is 40.2 Å². The number of hydrogen-bond donors (Lipinski definition) is 1. The van der Waals surface area contributed by atoms with Crippen LogP contribution in [0.2, 0.25) is 0 Å². The predicted octanol–water partition coefficient (Wildman–Crippen LogP) is 2.70. The Balaban J connectivity index is 2.45. The number of nitrogens with one attached hydrogen (secondary N) is 1. The summed E-state index contributed by atoms with van der Waals surface area (Å²) in [5.74, 6) is 0. The van der Waals surface area contributed by atoms with Crippen molar-refractivity contribution in [1.82, 2.24) is 10.3 Å². The molecular weight excluding hydrogens is 220 g/mol. The number of aromatic nitrogens is 1. The van der Waals surface area contributed by atoms with E-state index in [1.54, 1.807) is 0 Å². The summed E-state index contributed by atoms with van der Waals surface area (Å²) in [6.07, 6.45) is 1.02. The second-order valence-corrected chi connectivity index (χ2v) is 4.90. The standard InChI is InChI=1S/C12H22N2OS/c1-5-11-14-10(4)12(16-11)9(3)13-7-8-15-6-2/h9,13H,5-8H2,1-4H3. The summed E-state index contributed by atoms with van der Waals surface area (Å²) in [6.45, 7) is 10.9. The van der Waals surface area contributed by atoms with E-state index in [-0.39, 0.29) is 0 Å². The van der Waals surface area contributed by atoms with Gasteiger partial charge < -0.3 is 10.1 Å². The van der Waals surface area contributed by atoms with Crippen LogP contribution in [-0.2, 0) is 11.2 Å². The van der Waals surface area contributed by atoms with Crippen molar-refractivity contribution in [3.8, 4) is 0 Å². The van der Waals surface area contributed by atoms with Crippen LogP contribution in [0.25, 0.3) is 0 Å². The quantitative estimate of drug-likeness (QED) is 0.747. The van der Waals surface area contributed by atoms with Crippen molar-refractivity contribution in [2.24, 2.45) is 0 Å². The van der Waals surface area contributed by atoms with Crippen LogP contribution in [0.15, 0.2) is 0 Å². The SMILES string of the molecule is CCOCCNC(C)c1sc(CC)nc1C. The van der Waals surface area contributed by atoms with Crippen molar-refractivity contribution in [1.29, 1.82) is 0 Å². The van der Waals surface area contributed by atoms with E-state index in [2.05, 4.69) is 31.1 Å². The predicted molar refractivity (Wildman–Crippen MR) is 69.1 cm³/mol. The minimum atomic E-state index is 0.373. The fourth-order valence-corrected chi connectivity index (χ4v) is 2.64. The van der Waals surface area contributed by atoms with E-state index in [0.29, 0.717) is 6.04 Å². The Morgan fingerprint density at radius 2 is 2.19 bits per heavy atom. The Bertz CT molecular complexity index is 312. The van der Waals surface area contributed by atoms with Crippen LogP contribution in [0.4, 0.5) is 0 Å². The Hall–Kier alpha value is -0.450. The number of rotatable bonds is 7. The van der Waals surface area contributed by atoms with Crippen molar-refractivity contribution in [2.75, 3.05) is 19.8 Å². The molecule has 0 saturated heterocycles. The molecule has 1 atom stereocenters. The van der Waals surface area contributed by atoms with E-state index in [1.165, 1.54) is 15.6 Å². The smallest absolute Gasteiger partial charge is 0.0928 e. The zero-order valence-electron chi connectivity index (χ0n) is 10.7. The molecule has 16 heavy (non-hydrogen) atoms. The van der Waals surface area contributed by atoms with Gasteiger partial charge in [-0.25, -0.2) is 4.98 Å². The molecule has 92 valence electrons. The summed E-state index contributed by atoms with van der Waals surface area (Å²) in [5, 5.41) is 4.69. The van der Waals surface area contributed by atoms with Crippen LogP contribution >= 0.6 is 11.3 Å². The Morgan fingerprint density at radius 1 is 1.44 bits per heavy atom. The average molecular weight is 242 g/mol. The van der Waals surface area contributed by atoms with E-state index in [1.807, 2.05) is 18.3 Å². The molecule has 1 unspecified atom stereocenters. The highest BCUT2D eigenvalue weighted by molar-refractivity contribution is 7.11. The highest BCUT2D eigenvalue weighted by atomic mass is 32.1. The summed E-state index contributed by atoms with van der Waals surface area (Å²) in [7, 11) is 0. The van der Waals surface area contributed by atoms with Gasteiger partial charge in [-0.1, -0.05) is 6.92 Å². The van der Waals surface area contributed by atoms with Gasteiger partial charge in [0, 0.05) is 24.1 Å². The second-order valence-electron chi connectivity index (χ2n) is 3.78. The van der Waals surface area contributed by atoms with E-state index in [4.69, 9.17) is 4.74 Å². The van der Waals surface area contributed by atoms with Crippen LogP contribution in [0.3, 0.4) is 0 Å². The summed E-state index contributed by atoms with van der Waals surface area (Å²) in [4.78, 5) is 5.90. The molecule has 0 radical (unpaired) electrons. The molecule has 1 N–H and O–H groups in total. The Labute approximate surface area is 102 Å². The third-order valence-electron chi connectivity index (χ3n) is 2.47. The summed E-state index contributed by atoms with van der Waals surface area (Å²) in [6, 6.07) is 0.373. The van der Waals surface area contributed by atoms with Gasteiger partial charge in [0.25, 0.3) is 0 Å². The first kappa shape index (κ1) is 13.6. The highest BCUT2D eigenvalue weighted by Crippen LogP contribution is 2.24. The molecule has 3 nitrogen and oxygen atoms in total. The minimum Gasteiger partial charge on any atom is -0.380 e. The third kappa shape index (κ3) is 3.85. The normalized spacial score (nSPS) is 13.0. The maximum absolute atomic E-state index is 5.30. The van der Waals surface area contributed by atoms with E-state index in [0.717, 1.165) is 26.2 Å². The number of nitrogens with zero attached hydrogens (tertiary/aromatic N) is 1. The lowest BCUT2D eigenvalue weighted by molar-refractivity contribution is 0.147. The Morgan fingerprint density at radius 3 is 2.75 bits per heavy atom. The number of hydrogen-bond acceptors (Lipinski definition) is 4. The molecular formula is C12H22N2OS.